The van der Waals surface area contributed by atoms with Crippen LogP contribution in [0.3, 0.4) is 0 Å². The van der Waals surface area contributed by atoms with Gasteiger partial charge in [0.2, 0.25) is 13.6 Å². The number of nitrogens with one attached hydrogen (secondary N) is 1. The summed E-state index contributed by atoms with van der Waals surface area (Å²) in [5.41, 5.74) is 13.1. The maximum atomic E-state index is 11.4. The molecule has 0 fully saturated rings. The standard InChI is InChI=1S/C26H23N3O3.C9H10N2O.C9H10O.C8H6NO2.C2H4O2.3HI.V/c1-18(30)7-8-20-10-14-25-28-22(12-9-19-5-3-2-4-6-19)26(29(25)16-20)27-21-11-13-23-24(15-21)32-17-31-23;1-7(12)2-3-8-4-5-9(10)11-6-8;10-8-4-7-9-5-2-1-3-6-9;1-9-6-2-3-7-8(4-6)11-5-10-7;1-2(3)4;;;;/h2-8,10-11,13-16,27H,9,12,17H2,1H3;2-6H,1H3,(H2,10,11);1-3,5-6,8H,4,7H2;1-4H,5H2;1H3,(H,3,4);3*1H;/q;;;+1;;;;;+3/p-3/b8-7+;3-2+;;;;;;;. The molecule has 4 N–H and O–H groups in total. The Balaban J connectivity index is 0.000000230. The summed E-state index contributed by atoms with van der Waals surface area (Å²) in [4.78, 5) is 52.9. The quantitative estimate of drug-likeness (QED) is 0.0594. The molecule has 2 aliphatic rings. The van der Waals surface area contributed by atoms with Crippen LogP contribution in [0.4, 0.5) is 23.0 Å². The molecule has 9 rings (SSSR count). The SMILES string of the molecule is C#[N+]c1ccc2c(c1)OCO2.CC(=O)/C=C/c1ccc(N)nc1.CC(=O)/C=C/c1ccc2nc(CCc3ccccc3)c(Nc3ccc4c(c3)OCO4)n2c1.CC(=O)O.O=CCCc1ccccc1.[I][V]([I])[I]. The van der Waals surface area contributed by atoms with Gasteiger partial charge in [0.1, 0.15) is 23.6 Å². The van der Waals surface area contributed by atoms with E-state index in [1.165, 1.54) is 24.1 Å². The van der Waals surface area contributed by atoms with Crippen LogP contribution in [0.25, 0.3) is 22.6 Å². The number of fused-ring (bicyclic) bond motifs is 3. The van der Waals surface area contributed by atoms with E-state index in [2.05, 4.69) is 99.3 Å². The Morgan fingerprint density at radius 1 is 0.740 bits per heavy atom. The number of anilines is 3. The van der Waals surface area contributed by atoms with E-state index < -0.39 is 5.97 Å². The van der Waals surface area contributed by atoms with Gasteiger partial charge in [-0.1, -0.05) is 60.7 Å². The van der Waals surface area contributed by atoms with Gasteiger partial charge >= 0.3 is 70.5 Å². The van der Waals surface area contributed by atoms with Gasteiger partial charge in [0.05, 0.1) is 11.8 Å². The number of aromatic nitrogens is 3. The Morgan fingerprint density at radius 2 is 1.27 bits per heavy atom. The molecule has 5 heterocycles. The number of pyridine rings is 2. The van der Waals surface area contributed by atoms with Crippen molar-refractivity contribution in [2.24, 2.45) is 0 Å². The number of rotatable bonds is 12. The summed E-state index contributed by atoms with van der Waals surface area (Å²) in [5, 5.41) is 10.9. The zero-order valence-electron chi connectivity index (χ0n) is 40.1. The number of benzene rings is 4. The summed E-state index contributed by atoms with van der Waals surface area (Å²) in [6, 6.07) is 38.9. The molecule has 0 unspecified atom stereocenters. The van der Waals surface area contributed by atoms with Crippen molar-refractivity contribution < 1.29 is 48.2 Å². The number of nitrogens with zero attached hydrogens (tertiary/aromatic N) is 4. The van der Waals surface area contributed by atoms with Crippen LogP contribution in [0.1, 0.15) is 55.1 Å². The zero-order valence-corrected chi connectivity index (χ0v) is 47.9. The molecule has 0 spiro atoms. The minimum atomic E-state index is -0.833. The molecule has 378 valence electrons. The molecule has 0 bridgehead atoms. The first-order valence-electron chi connectivity index (χ1n) is 22.2. The van der Waals surface area contributed by atoms with Gasteiger partial charge in [-0.05, 0) is 127 Å². The normalized spacial score (nSPS) is 11.2. The van der Waals surface area contributed by atoms with Gasteiger partial charge in [-0.25, -0.2) is 9.97 Å². The summed E-state index contributed by atoms with van der Waals surface area (Å²) < 4.78 is 23.2. The first kappa shape index (κ1) is 59.3. The van der Waals surface area contributed by atoms with Gasteiger partial charge in [0.25, 0.3) is 12.5 Å². The van der Waals surface area contributed by atoms with E-state index in [4.69, 9.17) is 46.1 Å². The first-order valence-corrected chi connectivity index (χ1v) is 35.7. The van der Waals surface area contributed by atoms with Crippen LogP contribution < -0.4 is 30.0 Å². The van der Waals surface area contributed by atoms with Crippen molar-refractivity contribution in [1.29, 1.82) is 0 Å². The van der Waals surface area contributed by atoms with Crippen molar-refractivity contribution in [2.75, 3.05) is 24.6 Å². The molecule has 0 atom stereocenters. The Hall–Kier alpha value is -6.26. The van der Waals surface area contributed by atoms with Gasteiger partial charge in [0, 0.05) is 43.6 Å². The second-order valence-corrected chi connectivity index (χ2v) is 50.6. The van der Waals surface area contributed by atoms with E-state index in [9.17, 15) is 14.4 Å². The fraction of sp³-hybridized carbons (Fsp3) is 0.167. The number of halogens is 3. The number of imidazole rings is 1. The van der Waals surface area contributed by atoms with Gasteiger partial charge in [-0.3, -0.25) is 18.8 Å². The van der Waals surface area contributed by atoms with Crippen molar-refractivity contribution >= 4 is 125 Å². The third-order valence-electron chi connectivity index (χ3n) is 9.57. The van der Waals surface area contributed by atoms with Gasteiger partial charge in [0.15, 0.2) is 34.6 Å². The maximum absolute atomic E-state index is 11.4. The Kier molecular flexibility index (Phi) is 26.6. The summed E-state index contributed by atoms with van der Waals surface area (Å²) in [6.07, 6.45) is 14.3. The van der Waals surface area contributed by atoms with E-state index in [0.29, 0.717) is 23.7 Å². The predicted octanol–water partition coefficient (Wildman–Crippen LogP) is 13.0. The number of ketones is 2. The Morgan fingerprint density at radius 3 is 1.82 bits per heavy atom. The molecule has 19 heteroatoms. The molecule has 0 radical (unpaired) electrons. The Bertz CT molecular complexity index is 2980. The molecule has 0 amide bonds. The molecule has 0 saturated heterocycles. The van der Waals surface area contributed by atoms with E-state index in [1.807, 2.05) is 89.5 Å². The third-order valence-corrected chi connectivity index (χ3v) is 9.57. The first-order chi connectivity index (χ1) is 35.1. The minimum absolute atomic E-state index is 0.0120. The van der Waals surface area contributed by atoms with Gasteiger partial charge < -0.3 is 39.9 Å². The third kappa shape index (κ3) is 23.0. The number of aliphatic carboxylic acids is 1. The average Bonchev–Trinajstić information content (AvgIpc) is 4.14. The van der Waals surface area contributed by atoms with Crippen LogP contribution in [0.5, 0.6) is 23.0 Å². The van der Waals surface area contributed by atoms with Crippen LogP contribution in [-0.2, 0) is 43.4 Å². The second-order valence-electron chi connectivity index (χ2n) is 15.2. The average molecular weight is 1360 g/mol. The fourth-order valence-corrected chi connectivity index (χ4v) is 6.31. The number of carboxylic acids is 1. The molecule has 15 nitrogen and oxygen atoms in total. The number of nitrogens with two attached hydrogens (primary N) is 1. The molecule has 0 aliphatic carbocycles. The number of carbonyl (C=O) groups excluding carboxylic acids is 3. The van der Waals surface area contributed by atoms with Gasteiger partial charge in [-0.2, -0.15) is 0 Å². The number of hydrogen-bond donors (Lipinski definition) is 3. The molecule has 0 saturated carbocycles. The van der Waals surface area contributed by atoms with Crippen LogP contribution in [0.15, 0.2) is 146 Å². The Labute approximate surface area is 462 Å². The molecular formula is C54H53I3N6O9V+. The monoisotopic (exact) mass is 1360 g/mol. The molecular weight excluding hydrogens is 1310 g/mol. The van der Waals surface area contributed by atoms with Crippen LogP contribution in [0.2, 0.25) is 0 Å². The van der Waals surface area contributed by atoms with E-state index in [-0.39, 0.29) is 30.1 Å². The number of aryl methyl sites for hydroxylation is 3. The number of carbonyl (C=O) groups is 4. The van der Waals surface area contributed by atoms with E-state index in [1.54, 1.807) is 49.5 Å². The number of allylic oxidation sites excluding steroid dienone is 2. The van der Waals surface area contributed by atoms with Crippen molar-refractivity contribution in [1.82, 2.24) is 14.4 Å². The topological polar surface area (TPSA) is 198 Å². The molecule has 3 aromatic heterocycles. The number of nitrogen functional groups attached to an aromatic ring is 1. The summed E-state index contributed by atoms with van der Waals surface area (Å²) in [7, 11) is 0. The second kappa shape index (κ2) is 32.7. The van der Waals surface area contributed by atoms with Crippen LogP contribution in [-0.4, -0.2) is 56.9 Å². The van der Waals surface area contributed by atoms with Crippen LogP contribution >= 0.6 is 59.9 Å². The summed E-state index contributed by atoms with van der Waals surface area (Å²) in [5.74, 6) is 3.50. The number of hydrogen-bond acceptors (Lipinski definition) is 12. The predicted molar refractivity (Wildman–Crippen MR) is 310 cm³/mol. The summed E-state index contributed by atoms with van der Waals surface area (Å²) >= 11 is 7.39. The molecule has 4 aromatic carbocycles. The van der Waals surface area contributed by atoms with Gasteiger partial charge in [-0.15, -0.1) is 0 Å². The molecule has 7 aromatic rings. The van der Waals surface area contributed by atoms with Crippen molar-refractivity contribution in [2.45, 2.75) is 46.5 Å². The van der Waals surface area contributed by atoms with E-state index in [0.717, 1.165) is 83.7 Å². The van der Waals surface area contributed by atoms with Crippen LogP contribution in [0, 0.1) is 6.57 Å². The number of carboxylic acid groups (broad SMARTS) is 1. The van der Waals surface area contributed by atoms with E-state index >= 15 is 0 Å². The zero-order chi connectivity index (χ0) is 53.0. The number of aldehydes is 1. The molecule has 2 aliphatic heterocycles. The number of ether oxygens (including phenoxy) is 4. The van der Waals surface area contributed by atoms with Crippen molar-refractivity contribution in [3.63, 3.8) is 0 Å². The summed E-state index contributed by atoms with van der Waals surface area (Å²) in [6.45, 7) is 9.72. The van der Waals surface area contributed by atoms with Crippen molar-refractivity contribution in [3.05, 3.63) is 179 Å². The van der Waals surface area contributed by atoms with Crippen molar-refractivity contribution in [3.8, 4) is 29.6 Å². The fourth-order valence-electron chi connectivity index (χ4n) is 6.31. The molecule has 73 heavy (non-hydrogen) atoms.